The number of aromatic nitrogens is 4. The first-order valence-corrected chi connectivity index (χ1v) is 21.1. The SMILES string of the molecule is COC(=O)NC(CC(C)C)CN1C2CCC(C2)C1c1ncc(C2=CC=C(C3=CC=C(c4cnc(C5CCCC(C)N5C(=O)C(N)CC(C)C)[nH]4)CC3)CC2)[nH]1. The highest BCUT2D eigenvalue weighted by atomic mass is 16.5. The van der Waals surface area contributed by atoms with Crippen molar-refractivity contribution in [3.05, 3.63) is 70.9 Å². The number of fused-ring (bicyclic) bond motifs is 2. The quantitative estimate of drug-likeness (QED) is 0.162. The number of methoxy groups -OCH3 is 1. The van der Waals surface area contributed by atoms with E-state index >= 15 is 0 Å². The van der Waals surface area contributed by atoms with Crippen LogP contribution in [-0.2, 0) is 9.53 Å². The molecule has 4 heterocycles. The van der Waals surface area contributed by atoms with Crippen molar-refractivity contribution in [3.63, 3.8) is 0 Å². The molecule has 298 valence electrons. The van der Waals surface area contributed by atoms with Crippen molar-refractivity contribution in [2.75, 3.05) is 13.7 Å². The maximum absolute atomic E-state index is 13.5. The van der Waals surface area contributed by atoms with Crippen molar-refractivity contribution in [3.8, 4) is 0 Å². The number of nitrogens with two attached hydrogens (primary N) is 1. The van der Waals surface area contributed by atoms with E-state index in [9.17, 15) is 9.59 Å². The highest BCUT2D eigenvalue weighted by Gasteiger charge is 2.48. The molecular weight excluding hydrogens is 689 g/mol. The first-order valence-electron chi connectivity index (χ1n) is 21.1. The van der Waals surface area contributed by atoms with Gasteiger partial charge in [0, 0.05) is 24.7 Å². The second kappa shape index (κ2) is 17.0. The second-order valence-electron chi connectivity index (χ2n) is 17.7. The number of amides is 2. The Labute approximate surface area is 327 Å². The number of aromatic amines is 2. The third kappa shape index (κ3) is 8.73. The van der Waals surface area contributed by atoms with Crippen LogP contribution in [0.5, 0.6) is 0 Å². The summed E-state index contributed by atoms with van der Waals surface area (Å²) in [4.78, 5) is 47.5. The summed E-state index contributed by atoms with van der Waals surface area (Å²) in [5, 5.41) is 3.10. The minimum absolute atomic E-state index is 0.0397. The van der Waals surface area contributed by atoms with Gasteiger partial charge in [0.05, 0.1) is 49.0 Å². The molecule has 5 aliphatic rings. The number of nitrogens with zero attached hydrogens (tertiary/aromatic N) is 4. The summed E-state index contributed by atoms with van der Waals surface area (Å²) in [5.74, 6) is 3.41. The summed E-state index contributed by atoms with van der Waals surface area (Å²) in [6, 6.07) is 0.423. The topological polar surface area (TPSA) is 145 Å². The third-order valence-electron chi connectivity index (χ3n) is 12.8. The molecule has 7 rings (SSSR count). The summed E-state index contributed by atoms with van der Waals surface area (Å²) in [5.41, 5.74) is 13.9. The van der Waals surface area contributed by atoms with Crippen molar-refractivity contribution in [1.29, 1.82) is 0 Å². The number of allylic oxidation sites excluding steroid dienone is 8. The van der Waals surface area contributed by atoms with Crippen molar-refractivity contribution in [1.82, 2.24) is 35.1 Å². The Hall–Kier alpha value is -3.96. The monoisotopic (exact) mass is 753 g/mol. The lowest BCUT2D eigenvalue weighted by molar-refractivity contribution is -0.140. The summed E-state index contributed by atoms with van der Waals surface area (Å²) in [6.07, 6.45) is 24.9. The number of piperidine rings is 2. The number of imidazole rings is 2. The molecule has 5 N–H and O–H groups in total. The van der Waals surface area contributed by atoms with Crippen LogP contribution in [0.4, 0.5) is 4.79 Å². The van der Waals surface area contributed by atoms with Crippen LogP contribution in [0.3, 0.4) is 0 Å². The Morgan fingerprint density at radius 3 is 2.05 bits per heavy atom. The maximum Gasteiger partial charge on any atom is 0.407 e. The lowest BCUT2D eigenvalue weighted by Gasteiger charge is -2.41. The molecule has 0 radical (unpaired) electrons. The molecule has 3 fully saturated rings. The van der Waals surface area contributed by atoms with Crippen LogP contribution in [0, 0.1) is 17.8 Å². The molecule has 0 aromatic carbocycles. The molecule has 2 saturated heterocycles. The van der Waals surface area contributed by atoms with E-state index in [1.807, 2.05) is 17.3 Å². The molecular formula is C44H64N8O3. The minimum Gasteiger partial charge on any atom is -0.453 e. The molecule has 7 unspecified atom stereocenters. The van der Waals surface area contributed by atoms with Crippen molar-refractivity contribution in [2.24, 2.45) is 23.5 Å². The van der Waals surface area contributed by atoms with Crippen molar-refractivity contribution >= 4 is 23.1 Å². The zero-order chi connectivity index (χ0) is 38.8. The van der Waals surface area contributed by atoms with Gasteiger partial charge in [0.1, 0.15) is 11.6 Å². The van der Waals surface area contributed by atoms with Crippen LogP contribution in [0.25, 0.3) is 11.1 Å². The van der Waals surface area contributed by atoms with Crippen molar-refractivity contribution in [2.45, 2.75) is 148 Å². The van der Waals surface area contributed by atoms with Gasteiger partial charge in [-0.1, -0.05) is 52.0 Å². The van der Waals surface area contributed by atoms with Crippen molar-refractivity contribution < 1.29 is 14.3 Å². The Bertz CT molecular complexity index is 1820. The summed E-state index contributed by atoms with van der Waals surface area (Å²) in [6.45, 7) is 11.6. The van der Waals surface area contributed by atoms with Gasteiger partial charge < -0.3 is 30.7 Å². The van der Waals surface area contributed by atoms with Gasteiger partial charge in [-0.25, -0.2) is 14.8 Å². The normalized spacial score (nSPS) is 26.8. The molecule has 2 amide bonds. The lowest BCUT2D eigenvalue weighted by Crippen LogP contribution is -2.51. The van der Waals surface area contributed by atoms with E-state index in [1.54, 1.807) is 0 Å². The first-order chi connectivity index (χ1) is 26.5. The summed E-state index contributed by atoms with van der Waals surface area (Å²) < 4.78 is 4.96. The largest absolute Gasteiger partial charge is 0.453 e. The van der Waals surface area contributed by atoms with Crippen LogP contribution >= 0.6 is 0 Å². The molecule has 1 saturated carbocycles. The van der Waals surface area contributed by atoms with Gasteiger partial charge >= 0.3 is 6.09 Å². The summed E-state index contributed by atoms with van der Waals surface area (Å²) in [7, 11) is 1.44. The van der Waals surface area contributed by atoms with Gasteiger partial charge in [0.25, 0.3) is 0 Å². The Morgan fingerprint density at radius 2 is 1.45 bits per heavy atom. The van der Waals surface area contributed by atoms with Gasteiger partial charge in [-0.3, -0.25) is 9.69 Å². The van der Waals surface area contributed by atoms with E-state index in [-0.39, 0.29) is 36.2 Å². The fourth-order valence-corrected chi connectivity index (χ4v) is 10.2. The van der Waals surface area contributed by atoms with Gasteiger partial charge in [-0.15, -0.1) is 0 Å². The van der Waals surface area contributed by atoms with Gasteiger partial charge in [0.15, 0.2) is 0 Å². The number of hydrogen-bond acceptors (Lipinski definition) is 7. The van der Waals surface area contributed by atoms with Gasteiger partial charge in [-0.2, -0.15) is 0 Å². The lowest BCUT2D eigenvalue weighted by atomic mass is 9.86. The molecule has 55 heavy (non-hydrogen) atoms. The standard InChI is InChI=1S/C44H64N8O3/c1-26(2)20-34(48-44(54)55-6)25-51-35-19-18-33(22-35)40(51)42-47-24-38(50-42)32-16-12-30(13-17-32)29-10-14-31(15-11-29)37-23-46-41(49-37)39-9-7-8-28(5)52(39)43(53)36(45)21-27(3)4/h10,12,14,16,23-24,26-28,33-36,39-40H,7-9,11,13,15,17-22,25,45H2,1-6H3,(H,46,49)(H,47,50)(H,48,54). The molecule has 3 aliphatic carbocycles. The minimum atomic E-state index is -0.478. The molecule has 2 aromatic heterocycles. The smallest absolute Gasteiger partial charge is 0.407 e. The molecule has 2 aromatic rings. The van der Waals surface area contributed by atoms with E-state index in [4.69, 9.17) is 20.4 Å². The number of nitrogens with one attached hydrogen (secondary N) is 3. The highest BCUT2D eigenvalue weighted by molar-refractivity contribution is 5.82. The Morgan fingerprint density at radius 1 is 0.855 bits per heavy atom. The van der Waals surface area contributed by atoms with Crippen LogP contribution in [0.1, 0.15) is 147 Å². The Balaban J connectivity index is 1.01. The van der Waals surface area contributed by atoms with Crippen LogP contribution in [-0.4, -0.2) is 79.6 Å². The summed E-state index contributed by atoms with van der Waals surface area (Å²) >= 11 is 0. The van der Waals surface area contributed by atoms with E-state index in [2.05, 4.69) is 79.1 Å². The highest BCUT2D eigenvalue weighted by Crippen LogP contribution is 2.50. The molecule has 0 spiro atoms. The van der Waals surface area contributed by atoms with E-state index < -0.39 is 6.04 Å². The molecule has 2 aliphatic heterocycles. The number of hydrogen-bond donors (Lipinski definition) is 4. The molecule has 11 heteroatoms. The number of H-pyrrole nitrogens is 2. The number of likely N-dealkylation sites (tertiary alicyclic amines) is 2. The number of carbonyl (C=O) groups excluding carboxylic acids is 2. The first kappa shape index (κ1) is 39.3. The fourth-order valence-electron chi connectivity index (χ4n) is 10.2. The molecule has 11 nitrogen and oxygen atoms in total. The zero-order valence-electron chi connectivity index (χ0n) is 33.9. The maximum atomic E-state index is 13.5. The molecule has 2 bridgehead atoms. The Kier molecular flexibility index (Phi) is 12.2. The number of alkyl carbamates (subject to hydrolysis) is 1. The zero-order valence-corrected chi connectivity index (χ0v) is 33.9. The van der Waals surface area contributed by atoms with Crippen LogP contribution in [0.15, 0.2) is 47.8 Å². The van der Waals surface area contributed by atoms with E-state index in [0.717, 1.165) is 80.9 Å². The number of ether oxygens (including phenoxy) is 1. The number of carbonyl (C=O) groups is 2. The van der Waals surface area contributed by atoms with Crippen LogP contribution < -0.4 is 11.1 Å². The van der Waals surface area contributed by atoms with E-state index in [0.29, 0.717) is 30.2 Å². The predicted molar refractivity (Wildman–Crippen MR) is 217 cm³/mol. The van der Waals surface area contributed by atoms with Gasteiger partial charge in [0.2, 0.25) is 5.91 Å². The fraction of sp³-hybridized carbons (Fsp3) is 0.636. The van der Waals surface area contributed by atoms with E-state index in [1.165, 1.54) is 48.7 Å². The average molecular weight is 753 g/mol. The number of rotatable bonds is 13. The van der Waals surface area contributed by atoms with Crippen LogP contribution in [0.2, 0.25) is 0 Å². The predicted octanol–water partition coefficient (Wildman–Crippen LogP) is 8.15. The van der Waals surface area contributed by atoms with Gasteiger partial charge in [-0.05, 0) is 124 Å². The average Bonchev–Trinajstić information content (AvgIpc) is 4.00. The third-order valence-corrected chi connectivity index (χ3v) is 12.8. The molecule has 7 atom stereocenters. The second-order valence-corrected chi connectivity index (χ2v) is 17.7.